The number of hydrogen-bond acceptors (Lipinski definition) is 11. The molecule has 0 saturated carbocycles. The highest BCUT2D eigenvalue weighted by Gasteiger charge is 2.70. The number of ketones is 1. The number of nitrogens with one attached hydrogen (secondary N) is 10. The van der Waals surface area contributed by atoms with Crippen LogP contribution in [0.1, 0.15) is 44.7 Å². The molecule has 0 bridgehead atoms. The molecule has 2 aromatic rings. The molecule has 5 heterocycles. The SMILES string of the molecule is N=C1N[C@H]2C(COC(=O)NCc3ccc(C(=O)c4ccc(C(=O)NCNC(=O)CC5SC[C@@H]6NC(=O)N[C@H]56)cc4)cc3)NC(=N)N3CCC(O)(O)[C@]23N1. The first kappa shape index (κ1) is 35.8. The lowest BCUT2D eigenvalue weighted by Crippen LogP contribution is -2.80. The third-order valence-electron chi connectivity index (χ3n) is 10.1. The predicted octanol–water partition coefficient (Wildman–Crippen LogP) is -2.01. The normalized spacial score (nSPS) is 27.5. The van der Waals surface area contributed by atoms with E-state index in [2.05, 4.69) is 42.5 Å². The predicted molar refractivity (Wildman–Crippen MR) is 189 cm³/mol. The van der Waals surface area contributed by atoms with Crippen LogP contribution in [0.3, 0.4) is 0 Å². The number of nitrogens with zero attached hydrogens (tertiary/aromatic N) is 1. The number of alkyl carbamates (subject to hydrolysis) is 1. The summed E-state index contributed by atoms with van der Waals surface area (Å²) in [6, 6.07) is 10.8. The molecule has 5 amide bonds. The summed E-state index contributed by atoms with van der Waals surface area (Å²) in [4.78, 5) is 63.7. The minimum atomic E-state index is -2.24. The Kier molecular flexibility index (Phi) is 9.51. The fourth-order valence-corrected chi connectivity index (χ4v) is 8.88. The molecule has 53 heavy (non-hydrogen) atoms. The average Bonchev–Trinajstić information content (AvgIpc) is 3.87. The van der Waals surface area contributed by atoms with Crippen molar-refractivity contribution >= 4 is 53.4 Å². The van der Waals surface area contributed by atoms with Gasteiger partial charge in [0, 0.05) is 53.6 Å². The van der Waals surface area contributed by atoms with Gasteiger partial charge in [-0.1, -0.05) is 36.4 Å². The summed E-state index contributed by atoms with van der Waals surface area (Å²) in [5.41, 5.74) is 0.177. The van der Waals surface area contributed by atoms with Crippen molar-refractivity contribution in [3.05, 3.63) is 70.8 Å². The number of amides is 5. The van der Waals surface area contributed by atoms with E-state index < -0.39 is 35.5 Å². The van der Waals surface area contributed by atoms with Crippen molar-refractivity contribution < 1.29 is 38.9 Å². The molecule has 2 unspecified atom stereocenters. The smallest absolute Gasteiger partial charge is 0.407 e. The Bertz CT molecular complexity index is 1840. The molecule has 5 fully saturated rings. The molecule has 5 aliphatic rings. The number of guanidine groups is 2. The van der Waals surface area contributed by atoms with Gasteiger partial charge in [-0.3, -0.25) is 25.2 Å². The largest absolute Gasteiger partial charge is 0.447 e. The fourth-order valence-electron chi connectivity index (χ4n) is 7.40. The van der Waals surface area contributed by atoms with Crippen LogP contribution in [0.2, 0.25) is 0 Å². The Morgan fingerprint density at radius 1 is 0.925 bits per heavy atom. The Labute approximate surface area is 306 Å². The first-order chi connectivity index (χ1) is 25.3. The molecule has 19 nitrogen and oxygen atoms in total. The molecule has 0 aliphatic carbocycles. The lowest BCUT2D eigenvalue weighted by atomic mass is 9.86. The number of thioether (sulfide) groups is 1. The van der Waals surface area contributed by atoms with Crippen molar-refractivity contribution in [1.29, 1.82) is 10.8 Å². The Morgan fingerprint density at radius 2 is 1.62 bits per heavy atom. The van der Waals surface area contributed by atoms with Gasteiger partial charge in [-0.05, 0) is 17.7 Å². The topological polar surface area (TPSA) is 282 Å². The first-order valence-corrected chi connectivity index (χ1v) is 18.0. The van der Waals surface area contributed by atoms with Gasteiger partial charge in [0.2, 0.25) is 11.7 Å². The molecule has 7 rings (SSSR count). The molecule has 280 valence electrons. The summed E-state index contributed by atoms with van der Waals surface area (Å²) in [7, 11) is 0. The highest BCUT2D eigenvalue weighted by Crippen LogP contribution is 2.42. The highest BCUT2D eigenvalue weighted by atomic mass is 32.2. The third-order valence-corrected chi connectivity index (χ3v) is 11.5. The lowest BCUT2D eigenvalue weighted by molar-refractivity contribution is -0.223. The number of fused-ring (bicyclic) bond motifs is 1. The van der Waals surface area contributed by atoms with E-state index >= 15 is 0 Å². The Hall–Kier alpha value is -5.60. The molecular formula is C33H39N11O8S. The lowest BCUT2D eigenvalue weighted by Gasteiger charge is -2.51. The van der Waals surface area contributed by atoms with Crippen LogP contribution in [0.25, 0.3) is 0 Å². The van der Waals surface area contributed by atoms with Crippen molar-refractivity contribution in [3.63, 3.8) is 0 Å². The fraction of sp³-hybridized carbons (Fsp3) is 0.424. The summed E-state index contributed by atoms with van der Waals surface area (Å²) in [5, 5.41) is 60.0. The second kappa shape index (κ2) is 14.1. The van der Waals surface area contributed by atoms with E-state index in [4.69, 9.17) is 15.6 Å². The number of carbonyl (C=O) groups excluding carboxylic acids is 5. The van der Waals surface area contributed by atoms with Crippen LogP contribution in [-0.4, -0.2) is 123 Å². The highest BCUT2D eigenvalue weighted by molar-refractivity contribution is 8.00. The van der Waals surface area contributed by atoms with E-state index in [0.29, 0.717) is 22.3 Å². The van der Waals surface area contributed by atoms with Gasteiger partial charge in [-0.25, -0.2) is 9.59 Å². The van der Waals surface area contributed by atoms with Crippen LogP contribution in [-0.2, 0) is 16.1 Å². The van der Waals surface area contributed by atoms with Crippen molar-refractivity contribution in [2.45, 2.75) is 60.3 Å². The maximum absolute atomic E-state index is 13.1. The molecule has 6 atom stereocenters. The quantitative estimate of drug-likeness (QED) is 0.0673. The second-order valence-corrected chi connectivity index (χ2v) is 14.6. The molecule has 5 aliphatic heterocycles. The van der Waals surface area contributed by atoms with Crippen molar-refractivity contribution in [3.8, 4) is 0 Å². The standard InChI is InChI=1S/C33H39N11O8S/c34-28-42-26-20(39-29(35)44-10-9-32(50,51)33(26,44)43-28)13-52-31(49)36-12-16-1-3-17(4-2-16)25(46)18-5-7-19(8-6-18)27(47)38-15-37-23(45)11-22-24-21(14-53-22)40-30(48)41-24/h1-8,20-22,24,26,50-51H,9-15H2,(H2,35,39)(H,36,49)(H,37,45)(H,38,47)(H3,34,42,43)(H2,40,41,48)/t20?,21-,22?,24-,26-,33-/m0/s1. The molecule has 5 saturated heterocycles. The Morgan fingerprint density at radius 3 is 2.36 bits per heavy atom. The summed E-state index contributed by atoms with van der Waals surface area (Å²) in [5.74, 6) is -2.68. The van der Waals surface area contributed by atoms with Crippen LogP contribution in [0, 0.1) is 10.8 Å². The number of rotatable bonds is 11. The molecular weight excluding hydrogens is 710 g/mol. The first-order valence-electron chi connectivity index (χ1n) is 16.9. The van der Waals surface area contributed by atoms with Gasteiger partial charge in [0.05, 0.1) is 30.8 Å². The van der Waals surface area contributed by atoms with Gasteiger partial charge >= 0.3 is 12.1 Å². The number of urea groups is 1. The number of hydrogen-bond donors (Lipinski definition) is 12. The second-order valence-electron chi connectivity index (χ2n) is 13.4. The van der Waals surface area contributed by atoms with E-state index in [9.17, 15) is 34.2 Å². The zero-order chi connectivity index (χ0) is 37.5. The number of aliphatic hydroxyl groups is 2. The van der Waals surface area contributed by atoms with Crippen LogP contribution >= 0.6 is 11.8 Å². The van der Waals surface area contributed by atoms with Gasteiger partial charge in [-0.2, -0.15) is 11.8 Å². The van der Waals surface area contributed by atoms with Gasteiger partial charge in [0.25, 0.3) is 5.91 Å². The molecule has 2 aromatic carbocycles. The van der Waals surface area contributed by atoms with Crippen LogP contribution in [0.15, 0.2) is 48.5 Å². The summed E-state index contributed by atoms with van der Waals surface area (Å²) >= 11 is 1.62. The van der Waals surface area contributed by atoms with Gasteiger partial charge in [-0.15, -0.1) is 0 Å². The van der Waals surface area contributed by atoms with E-state index in [1.807, 2.05) is 0 Å². The zero-order valence-electron chi connectivity index (χ0n) is 28.2. The number of carbonyl (C=O) groups is 5. The Balaban J connectivity index is 0.841. The third kappa shape index (κ3) is 6.87. The van der Waals surface area contributed by atoms with Crippen LogP contribution in [0.5, 0.6) is 0 Å². The van der Waals surface area contributed by atoms with Crippen LogP contribution < -0.4 is 42.5 Å². The minimum absolute atomic E-state index is 0.0133. The van der Waals surface area contributed by atoms with E-state index in [1.54, 1.807) is 36.0 Å². The minimum Gasteiger partial charge on any atom is -0.447 e. The molecule has 0 radical (unpaired) electrons. The number of ether oxygens (including phenoxy) is 1. The van der Waals surface area contributed by atoms with E-state index in [-0.39, 0.29) is 86.2 Å². The van der Waals surface area contributed by atoms with Crippen LogP contribution in [0.4, 0.5) is 9.59 Å². The van der Waals surface area contributed by atoms with Gasteiger partial charge in [0.15, 0.2) is 23.4 Å². The van der Waals surface area contributed by atoms with Crippen molar-refractivity contribution in [2.24, 2.45) is 0 Å². The monoisotopic (exact) mass is 749 g/mol. The zero-order valence-corrected chi connectivity index (χ0v) is 29.0. The van der Waals surface area contributed by atoms with Gasteiger partial charge in [0.1, 0.15) is 6.61 Å². The summed E-state index contributed by atoms with van der Waals surface area (Å²) in [6.45, 7) is -0.0504. The maximum atomic E-state index is 13.1. The summed E-state index contributed by atoms with van der Waals surface area (Å²) < 4.78 is 5.38. The molecule has 1 spiro atoms. The maximum Gasteiger partial charge on any atom is 0.407 e. The average molecular weight is 750 g/mol. The summed E-state index contributed by atoms with van der Waals surface area (Å²) in [6.07, 6.45) is -0.596. The molecule has 20 heteroatoms. The van der Waals surface area contributed by atoms with E-state index in [1.165, 1.54) is 29.2 Å². The van der Waals surface area contributed by atoms with Crippen molar-refractivity contribution in [2.75, 3.05) is 25.6 Å². The van der Waals surface area contributed by atoms with Crippen molar-refractivity contribution in [1.82, 2.24) is 47.4 Å². The number of benzene rings is 2. The van der Waals surface area contributed by atoms with Gasteiger partial charge < -0.3 is 62.4 Å². The molecule has 12 N–H and O–H groups in total. The molecule has 0 aromatic heterocycles. The van der Waals surface area contributed by atoms with E-state index in [0.717, 1.165) is 5.75 Å².